The number of hydrogen-bond acceptors (Lipinski definition) is 4. The number of carbonyl (C=O) groups is 1. The van der Waals surface area contributed by atoms with Gasteiger partial charge in [0, 0.05) is 5.39 Å². The molecule has 0 bridgehead atoms. The zero-order valence-electron chi connectivity index (χ0n) is 11.9. The molecule has 0 atom stereocenters. The summed E-state index contributed by atoms with van der Waals surface area (Å²) in [4.78, 5) is 20.9. The van der Waals surface area contributed by atoms with Crippen LogP contribution in [0, 0.1) is 12.7 Å². The SMILES string of the molecule is Cc1nc(SCC(=O)c2ccccc2F)c2ccccc2n1. The van der Waals surface area contributed by atoms with Gasteiger partial charge in [-0.2, -0.15) is 0 Å². The van der Waals surface area contributed by atoms with Gasteiger partial charge in [0.15, 0.2) is 5.78 Å². The van der Waals surface area contributed by atoms with Gasteiger partial charge in [-0.15, -0.1) is 0 Å². The Kier molecular flexibility index (Phi) is 4.15. The number of thioether (sulfide) groups is 1. The van der Waals surface area contributed by atoms with Crippen LogP contribution >= 0.6 is 11.8 Å². The number of rotatable bonds is 4. The van der Waals surface area contributed by atoms with Crippen LogP contribution in [-0.2, 0) is 0 Å². The topological polar surface area (TPSA) is 42.9 Å². The molecule has 2 aromatic carbocycles. The molecule has 3 nitrogen and oxygen atoms in total. The number of para-hydroxylation sites is 1. The molecule has 0 spiro atoms. The van der Waals surface area contributed by atoms with Crippen molar-refractivity contribution in [2.75, 3.05) is 5.75 Å². The third-order valence-corrected chi connectivity index (χ3v) is 4.19. The van der Waals surface area contributed by atoms with Crippen molar-refractivity contribution < 1.29 is 9.18 Å². The van der Waals surface area contributed by atoms with Gasteiger partial charge in [-0.25, -0.2) is 14.4 Å². The Hall–Kier alpha value is -2.27. The minimum Gasteiger partial charge on any atom is -0.293 e. The minimum absolute atomic E-state index is 0.116. The number of fused-ring (bicyclic) bond motifs is 1. The Morgan fingerprint density at radius 3 is 2.64 bits per heavy atom. The molecule has 22 heavy (non-hydrogen) atoms. The smallest absolute Gasteiger partial charge is 0.176 e. The van der Waals surface area contributed by atoms with Crippen LogP contribution in [0.1, 0.15) is 16.2 Å². The van der Waals surface area contributed by atoms with E-state index in [1.54, 1.807) is 12.1 Å². The maximum absolute atomic E-state index is 13.6. The van der Waals surface area contributed by atoms with E-state index in [0.29, 0.717) is 5.82 Å². The van der Waals surface area contributed by atoms with Crippen molar-refractivity contribution in [3.05, 3.63) is 65.7 Å². The average molecular weight is 312 g/mol. The van der Waals surface area contributed by atoms with Crippen molar-refractivity contribution in [2.45, 2.75) is 11.9 Å². The van der Waals surface area contributed by atoms with E-state index in [1.165, 1.54) is 23.9 Å². The monoisotopic (exact) mass is 312 g/mol. The van der Waals surface area contributed by atoms with E-state index in [1.807, 2.05) is 31.2 Å². The van der Waals surface area contributed by atoms with Crippen molar-refractivity contribution >= 4 is 28.4 Å². The summed E-state index contributed by atoms with van der Waals surface area (Å²) in [5, 5.41) is 1.65. The summed E-state index contributed by atoms with van der Waals surface area (Å²) < 4.78 is 13.6. The Labute approximate surface area is 131 Å². The molecule has 0 amide bonds. The molecule has 0 radical (unpaired) electrons. The lowest BCUT2D eigenvalue weighted by molar-refractivity contribution is 0.101. The highest BCUT2D eigenvalue weighted by atomic mass is 32.2. The molecule has 0 unspecified atom stereocenters. The summed E-state index contributed by atoms with van der Waals surface area (Å²) in [6.07, 6.45) is 0. The molecule has 5 heteroatoms. The van der Waals surface area contributed by atoms with E-state index < -0.39 is 5.82 Å². The van der Waals surface area contributed by atoms with Crippen molar-refractivity contribution in [3.63, 3.8) is 0 Å². The van der Waals surface area contributed by atoms with Gasteiger partial charge in [-0.3, -0.25) is 4.79 Å². The molecule has 0 saturated heterocycles. The highest BCUT2D eigenvalue weighted by Gasteiger charge is 2.13. The molecule has 3 aromatic rings. The van der Waals surface area contributed by atoms with Gasteiger partial charge < -0.3 is 0 Å². The lowest BCUT2D eigenvalue weighted by Crippen LogP contribution is -2.05. The van der Waals surface area contributed by atoms with Gasteiger partial charge in [0.2, 0.25) is 0 Å². The van der Waals surface area contributed by atoms with E-state index in [2.05, 4.69) is 9.97 Å². The molecular weight excluding hydrogens is 299 g/mol. The number of nitrogens with zero attached hydrogens (tertiary/aromatic N) is 2. The molecule has 0 aliphatic heterocycles. The Morgan fingerprint density at radius 1 is 1.09 bits per heavy atom. The normalized spacial score (nSPS) is 10.8. The average Bonchev–Trinajstić information content (AvgIpc) is 2.52. The first-order chi connectivity index (χ1) is 10.6. The highest BCUT2D eigenvalue weighted by molar-refractivity contribution is 8.00. The van der Waals surface area contributed by atoms with Crippen LogP contribution < -0.4 is 0 Å². The maximum Gasteiger partial charge on any atom is 0.176 e. The standard InChI is InChI=1S/C17H13FN2OS/c1-11-19-15-9-5-3-7-13(15)17(20-11)22-10-16(21)12-6-2-4-8-14(12)18/h2-9H,10H2,1H3. The van der Waals surface area contributed by atoms with Crippen LogP contribution in [0.5, 0.6) is 0 Å². The molecular formula is C17H13FN2OS. The number of hydrogen-bond donors (Lipinski definition) is 0. The van der Waals surface area contributed by atoms with Gasteiger partial charge in [-0.05, 0) is 25.1 Å². The predicted molar refractivity (Wildman–Crippen MR) is 85.7 cm³/mol. The van der Waals surface area contributed by atoms with Crippen molar-refractivity contribution in [2.24, 2.45) is 0 Å². The van der Waals surface area contributed by atoms with Gasteiger partial charge in [-0.1, -0.05) is 42.1 Å². The summed E-state index contributed by atoms with van der Waals surface area (Å²) in [6.45, 7) is 1.81. The van der Waals surface area contributed by atoms with Crippen LogP contribution in [0.15, 0.2) is 53.6 Å². The first kappa shape index (κ1) is 14.7. The number of Topliss-reactive ketones (excluding diaryl/α,β-unsaturated/α-hetero) is 1. The quantitative estimate of drug-likeness (QED) is 0.414. The lowest BCUT2D eigenvalue weighted by atomic mass is 10.1. The molecule has 1 aromatic heterocycles. The Balaban J connectivity index is 1.85. The van der Waals surface area contributed by atoms with Crippen molar-refractivity contribution in [1.29, 1.82) is 0 Å². The second-order valence-corrected chi connectivity index (χ2v) is 5.75. The number of halogens is 1. The van der Waals surface area contributed by atoms with Gasteiger partial charge in [0.05, 0.1) is 16.8 Å². The number of carbonyl (C=O) groups excluding carboxylic acids is 1. The van der Waals surface area contributed by atoms with Gasteiger partial charge >= 0.3 is 0 Å². The van der Waals surface area contributed by atoms with Gasteiger partial charge in [0.1, 0.15) is 16.7 Å². The summed E-state index contributed by atoms with van der Waals surface area (Å²) in [5.41, 5.74) is 0.959. The summed E-state index contributed by atoms with van der Waals surface area (Å²) in [6, 6.07) is 13.7. The fraction of sp³-hybridized carbons (Fsp3) is 0.118. The molecule has 110 valence electrons. The molecule has 3 rings (SSSR count). The van der Waals surface area contributed by atoms with Crippen LogP contribution in [0.25, 0.3) is 10.9 Å². The molecule has 0 saturated carbocycles. The predicted octanol–water partition coefficient (Wildman–Crippen LogP) is 4.05. The first-order valence-electron chi connectivity index (χ1n) is 6.79. The largest absolute Gasteiger partial charge is 0.293 e. The third-order valence-electron chi connectivity index (χ3n) is 3.19. The van der Waals surface area contributed by atoms with E-state index in [4.69, 9.17) is 0 Å². The van der Waals surface area contributed by atoms with E-state index in [9.17, 15) is 9.18 Å². The second-order valence-electron chi connectivity index (χ2n) is 4.78. The third kappa shape index (κ3) is 2.99. The molecule has 1 heterocycles. The number of aromatic nitrogens is 2. The van der Waals surface area contributed by atoms with Crippen LogP contribution in [0.2, 0.25) is 0 Å². The van der Waals surface area contributed by atoms with Gasteiger partial charge in [0.25, 0.3) is 0 Å². The van der Waals surface area contributed by atoms with E-state index in [-0.39, 0.29) is 17.1 Å². The zero-order chi connectivity index (χ0) is 15.5. The zero-order valence-corrected chi connectivity index (χ0v) is 12.7. The molecule has 0 aliphatic carbocycles. The minimum atomic E-state index is -0.489. The summed E-state index contributed by atoms with van der Waals surface area (Å²) in [7, 11) is 0. The fourth-order valence-electron chi connectivity index (χ4n) is 2.17. The molecule has 0 fully saturated rings. The summed E-state index contributed by atoms with van der Waals surface area (Å²) >= 11 is 1.31. The Bertz CT molecular complexity index is 851. The Morgan fingerprint density at radius 2 is 1.82 bits per heavy atom. The molecule has 0 aliphatic rings. The van der Waals surface area contributed by atoms with Crippen LogP contribution in [0.4, 0.5) is 4.39 Å². The van der Waals surface area contributed by atoms with E-state index >= 15 is 0 Å². The van der Waals surface area contributed by atoms with E-state index in [0.717, 1.165) is 15.9 Å². The number of benzene rings is 2. The maximum atomic E-state index is 13.6. The summed E-state index contributed by atoms with van der Waals surface area (Å²) in [5.74, 6) is 0.0568. The van der Waals surface area contributed by atoms with Crippen LogP contribution in [0.3, 0.4) is 0 Å². The van der Waals surface area contributed by atoms with Crippen LogP contribution in [-0.4, -0.2) is 21.5 Å². The number of ketones is 1. The second kappa shape index (κ2) is 6.23. The lowest BCUT2D eigenvalue weighted by Gasteiger charge is -2.06. The molecule has 0 N–H and O–H groups in total. The van der Waals surface area contributed by atoms with Crippen molar-refractivity contribution in [1.82, 2.24) is 9.97 Å². The highest BCUT2D eigenvalue weighted by Crippen LogP contribution is 2.26. The number of aryl methyl sites for hydroxylation is 1. The van der Waals surface area contributed by atoms with Crippen molar-refractivity contribution in [3.8, 4) is 0 Å². The fourth-order valence-corrected chi connectivity index (χ4v) is 3.12. The first-order valence-corrected chi connectivity index (χ1v) is 7.77.